The molecule has 0 bridgehead atoms. The molecule has 0 aliphatic rings. The molecule has 2 amide bonds. The third-order valence-electron chi connectivity index (χ3n) is 1.96. The lowest BCUT2D eigenvalue weighted by atomic mass is 10.2. The van der Waals surface area contributed by atoms with Gasteiger partial charge in [0.2, 0.25) is 0 Å². The second kappa shape index (κ2) is 5.19. The van der Waals surface area contributed by atoms with E-state index in [1.54, 1.807) is 30.1 Å². The lowest BCUT2D eigenvalue weighted by Gasteiger charge is -2.12. The number of amides is 2. The molecule has 1 rings (SSSR count). The molecule has 0 spiro atoms. The molecule has 1 aromatic heterocycles. The Morgan fingerprint density at radius 3 is 3.07 bits per heavy atom. The smallest absolute Gasteiger partial charge is 0.320 e. The van der Waals surface area contributed by atoms with Crippen molar-refractivity contribution in [1.29, 1.82) is 0 Å². The molecule has 0 saturated carbocycles. The number of urea groups is 1. The van der Waals surface area contributed by atoms with Gasteiger partial charge < -0.3 is 5.32 Å². The molecule has 0 aliphatic heterocycles. The summed E-state index contributed by atoms with van der Waals surface area (Å²) < 4.78 is 1.59. The number of aromatic nitrogens is 2. The Morgan fingerprint density at radius 1 is 1.80 bits per heavy atom. The molecule has 0 saturated heterocycles. The van der Waals surface area contributed by atoms with Crippen LogP contribution in [-0.4, -0.2) is 21.9 Å². The first kappa shape index (κ1) is 11.3. The molecule has 1 atom stereocenters. The second-order valence-electron chi connectivity index (χ2n) is 3.36. The molecule has 0 radical (unpaired) electrons. The van der Waals surface area contributed by atoms with Gasteiger partial charge in [0.05, 0.1) is 6.20 Å². The molecule has 0 aliphatic carbocycles. The maximum Gasteiger partial charge on any atom is 0.320 e. The zero-order valence-corrected chi connectivity index (χ0v) is 9.03. The van der Waals surface area contributed by atoms with E-state index in [9.17, 15) is 4.79 Å². The third kappa shape index (κ3) is 3.46. The average molecular weight is 208 g/mol. The van der Waals surface area contributed by atoms with Gasteiger partial charge in [0.1, 0.15) is 5.82 Å². The van der Waals surface area contributed by atoms with Crippen LogP contribution in [-0.2, 0) is 7.05 Å². The van der Waals surface area contributed by atoms with Crippen LogP contribution in [0, 0.1) is 0 Å². The summed E-state index contributed by atoms with van der Waals surface area (Å²) in [5, 5.41) is 9.42. The van der Waals surface area contributed by atoms with Gasteiger partial charge in [-0.15, -0.1) is 6.58 Å². The van der Waals surface area contributed by atoms with E-state index >= 15 is 0 Å². The molecule has 1 aromatic rings. The Hall–Kier alpha value is -1.78. The van der Waals surface area contributed by atoms with E-state index in [-0.39, 0.29) is 12.1 Å². The Balaban J connectivity index is 2.43. The highest BCUT2D eigenvalue weighted by Gasteiger charge is 2.07. The van der Waals surface area contributed by atoms with Crippen molar-refractivity contribution in [2.45, 2.75) is 19.4 Å². The molecule has 1 heterocycles. The fraction of sp³-hybridized carbons (Fsp3) is 0.400. The fourth-order valence-corrected chi connectivity index (χ4v) is 1.18. The summed E-state index contributed by atoms with van der Waals surface area (Å²) in [6.07, 6.45) is 4.15. The average Bonchev–Trinajstić information content (AvgIpc) is 2.52. The van der Waals surface area contributed by atoms with Crippen molar-refractivity contribution in [2.75, 3.05) is 5.32 Å². The first-order chi connectivity index (χ1) is 7.13. The van der Waals surface area contributed by atoms with Crippen LogP contribution in [0.25, 0.3) is 0 Å². The Bertz CT molecular complexity index is 345. The number of hydrogen-bond acceptors (Lipinski definition) is 2. The first-order valence-corrected chi connectivity index (χ1v) is 4.80. The van der Waals surface area contributed by atoms with Gasteiger partial charge in [-0.2, -0.15) is 5.10 Å². The second-order valence-corrected chi connectivity index (χ2v) is 3.36. The van der Waals surface area contributed by atoms with Crippen molar-refractivity contribution in [2.24, 2.45) is 7.05 Å². The molecule has 82 valence electrons. The summed E-state index contributed by atoms with van der Waals surface area (Å²) in [4.78, 5) is 11.5. The van der Waals surface area contributed by atoms with E-state index in [0.717, 1.165) is 6.42 Å². The van der Waals surface area contributed by atoms with Gasteiger partial charge in [-0.25, -0.2) is 4.79 Å². The maximum atomic E-state index is 11.5. The molecule has 15 heavy (non-hydrogen) atoms. The van der Waals surface area contributed by atoms with Gasteiger partial charge >= 0.3 is 6.03 Å². The van der Waals surface area contributed by atoms with Gasteiger partial charge in [-0.05, 0) is 13.3 Å². The van der Waals surface area contributed by atoms with Crippen LogP contribution in [0.2, 0.25) is 0 Å². The number of nitrogens with one attached hydrogen (secondary N) is 2. The zero-order chi connectivity index (χ0) is 11.3. The predicted octanol–water partition coefficient (Wildman–Crippen LogP) is 1.51. The van der Waals surface area contributed by atoms with Gasteiger partial charge in [0.15, 0.2) is 0 Å². The summed E-state index contributed by atoms with van der Waals surface area (Å²) in [6, 6.07) is 1.58. The van der Waals surface area contributed by atoms with Gasteiger partial charge in [0, 0.05) is 19.2 Å². The predicted molar refractivity (Wildman–Crippen MR) is 59.6 cm³/mol. The molecule has 0 unspecified atom stereocenters. The molecule has 0 fully saturated rings. The van der Waals surface area contributed by atoms with Crippen LogP contribution in [0.4, 0.5) is 10.6 Å². The molecule has 5 nitrogen and oxygen atoms in total. The van der Waals surface area contributed by atoms with Gasteiger partial charge in [-0.1, -0.05) is 6.08 Å². The fourth-order valence-electron chi connectivity index (χ4n) is 1.18. The van der Waals surface area contributed by atoms with Crippen LogP contribution in [0.1, 0.15) is 13.3 Å². The molecule has 5 heteroatoms. The van der Waals surface area contributed by atoms with Crippen molar-refractivity contribution in [3.05, 3.63) is 24.9 Å². The van der Waals surface area contributed by atoms with Crippen molar-refractivity contribution in [1.82, 2.24) is 15.1 Å². The van der Waals surface area contributed by atoms with Crippen molar-refractivity contribution < 1.29 is 4.79 Å². The van der Waals surface area contributed by atoms with Crippen molar-refractivity contribution in [3.63, 3.8) is 0 Å². The number of rotatable bonds is 4. The summed E-state index contributed by atoms with van der Waals surface area (Å²) in [5.74, 6) is 0.665. The lowest BCUT2D eigenvalue weighted by Crippen LogP contribution is -2.36. The van der Waals surface area contributed by atoms with E-state index in [0.29, 0.717) is 5.82 Å². The maximum absolute atomic E-state index is 11.5. The quantitative estimate of drug-likeness (QED) is 0.737. The normalized spacial score (nSPS) is 11.9. The number of carbonyl (C=O) groups is 1. The van der Waals surface area contributed by atoms with Crippen LogP contribution in [0.5, 0.6) is 0 Å². The lowest BCUT2D eigenvalue weighted by molar-refractivity contribution is 0.249. The number of anilines is 1. The highest BCUT2D eigenvalue weighted by Crippen LogP contribution is 2.02. The monoisotopic (exact) mass is 208 g/mol. The highest BCUT2D eigenvalue weighted by atomic mass is 16.2. The van der Waals surface area contributed by atoms with Crippen molar-refractivity contribution in [3.8, 4) is 0 Å². The topological polar surface area (TPSA) is 59.0 Å². The standard InChI is InChI=1S/C10H16N4O/c1-4-5-8(2)12-10(15)13-9-6-7-11-14(9)3/h4,6-8H,1,5H2,2-3H3,(H2,12,13,15)/t8-/m1/s1. The largest absolute Gasteiger partial charge is 0.335 e. The minimum absolute atomic E-state index is 0.0794. The molecule has 2 N–H and O–H groups in total. The minimum atomic E-state index is -0.229. The number of aryl methyl sites for hydroxylation is 1. The van der Waals surface area contributed by atoms with Gasteiger partial charge in [-0.3, -0.25) is 10.00 Å². The van der Waals surface area contributed by atoms with Crippen LogP contribution >= 0.6 is 0 Å². The Morgan fingerprint density at radius 2 is 2.53 bits per heavy atom. The first-order valence-electron chi connectivity index (χ1n) is 4.80. The van der Waals surface area contributed by atoms with Gasteiger partial charge in [0.25, 0.3) is 0 Å². The zero-order valence-electron chi connectivity index (χ0n) is 9.03. The van der Waals surface area contributed by atoms with E-state index < -0.39 is 0 Å². The summed E-state index contributed by atoms with van der Waals surface area (Å²) in [5.41, 5.74) is 0. The number of hydrogen-bond donors (Lipinski definition) is 2. The Labute approximate surface area is 89.2 Å². The SMILES string of the molecule is C=CC[C@@H](C)NC(=O)Nc1ccnn1C. The van der Waals surface area contributed by atoms with Crippen LogP contribution < -0.4 is 10.6 Å². The molecular weight excluding hydrogens is 192 g/mol. The van der Waals surface area contributed by atoms with E-state index in [4.69, 9.17) is 0 Å². The number of carbonyl (C=O) groups excluding carboxylic acids is 1. The summed E-state index contributed by atoms with van der Waals surface area (Å²) >= 11 is 0. The molecule has 0 aromatic carbocycles. The number of nitrogens with zero attached hydrogens (tertiary/aromatic N) is 2. The summed E-state index contributed by atoms with van der Waals surface area (Å²) in [7, 11) is 1.77. The molecular formula is C10H16N4O. The van der Waals surface area contributed by atoms with E-state index in [1.165, 1.54) is 0 Å². The minimum Gasteiger partial charge on any atom is -0.335 e. The Kier molecular flexibility index (Phi) is 3.91. The summed E-state index contributed by atoms with van der Waals surface area (Å²) in [6.45, 7) is 5.53. The van der Waals surface area contributed by atoms with Crippen molar-refractivity contribution >= 4 is 11.8 Å². The van der Waals surface area contributed by atoms with Crippen LogP contribution in [0.15, 0.2) is 24.9 Å². The third-order valence-corrected chi connectivity index (χ3v) is 1.96. The van der Waals surface area contributed by atoms with E-state index in [2.05, 4.69) is 22.3 Å². The van der Waals surface area contributed by atoms with Crippen LogP contribution in [0.3, 0.4) is 0 Å². The van der Waals surface area contributed by atoms with E-state index in [1.807, 2.05) is 6.92 Å². The highest BCUT2D eigenvalue weighted by molar-refractivity contribution is 5.88.